The van der Waals surface area contributed by atoms with Gasteiger partial charge in [-0.15, -0.1) is 0 Å². The molecule has 4 nitrogen and oxygen atoms in total. The van der Waals surface area contributed by atoms with Crippen LogP contribution in [-0.4, -0.2) is 16.5 Å². The average Bonchev–Trinajstić information content (AvgIpc) is 2.86. The van der Waals surface area contributed by atoms with Crippen LogP contribution in [0, 0.1) is 0 Å². The molecule has 0 bridgehead atoms. The minimum absolute atomic E-state index is 0.114. The molecule has 6 heteroatoms. The number of alkyl halides is 1. The second kappa shape index (κ2) is 6.73. The van der Waals surface area contributed by atoms with Gasteiger partial charge in [-0.2, -0.15) is 0 Å². The molecule has 1 aromatic carbocycles. The molecule has 0 atom stereocenters. The first kappa shape index (κ1) is 14.1. The SMILES string of the molecule is O=C(CCBr)OCc1cc(-c2ccc(Cl)cc2)on1. The van der Waals surface area contributed by atoms with Crippen molar-refractivity contribution in [3.05, 3.63) is 41.0 Å². The van der Waals surface area contributed by atoms with Crippen LogP contribution in [-0.2, 0) is 16.1 Å². The first-order valence-electron chi connectivity index (χ1n) is 5.62. The standard InChI is InChI=1S/C13H11BrClNO3/c14-6-5-13(17)18-8-11-7-12(19-16-11)9-1-3-10(15)4-2-9/h1-4,7H,5-6,8H2. The van der Waals surface area contributed by atoms with E-state index in [0.29, 0.717) is 28.2 Å². The zero-order valence-electron chi connectivity index (χ0n) is 9.94. The van der Waals surface area contributed by atoms with E-state index in [-0.39, 0.29) is 12.6 Å². The van der Waals surface area contributed by atoms with Crippen LogP contribution in [0.25, 0.3) is 11.3 Å². The number of hydrogen-bond acceptors (Lipinski definition) is 4. The Morgan fingerprint density at radius 2 is 2.11 bits per heavy atom. The van der Waals surface area contributed by atoms with Gasteiger partial charge in [-0.05, 0) is 24.3 Å². The fourth-order valence-corrected chi connectivity index (χ4v) is 1.88. The van der Waals surface area contributed by atoms with Crippen LogP contribution in [0.1, 0.15) is 12.1 Å². The van der Waals surface area contributed by atoms with E-state index in [4.69, 9.17) is 20.9 Å². The van der Waals surface area contributed by atoms with Gasteiger partial charge in [0.15, 0.2) is 5.76 Å². The van der Waals surface area contributed by atoms with Crippen molar-refractivity contribution in [3.8, 4) is 11.3 Å². The molecular weight excluding hydrogens is 334 g/mol. The van der Waals surface area contributed by atoms with Crippen LogP contribution in [0.5, 0.6) is 0 Å². The topological polar surface area (TPSA) is 52.3 Å². The van der Waals surface area contributed by atoms with Crippen molar-refractivity contribution in [3.63, 3.8) is 0 Å². The van der Waals surface area contributed by atoms with E-state index in [1.165, 1.54) is 0 Å². The number of nitrogens with zero attached hydrogens (tertiary/aromatic N) is 1. The van der Waals surface area contributed by atoms with Crippen molar-refractivity contribution in [2.75, 3.05) is 5.33 Å². The first-order valence-corrected chi connectivity index (χ1v) is 7.12. The van der Waals surface area contributed by atoms with Crippen molar-refractivity contribution in [2.45, 2.75) is 13.0 Å². The summed E-state index contributed by atoms with van der Waals surface area (Å²) in [6, 6.07) is 8.96. The molecule has 1 heterocycles. The molecule has 0 aliphatic carbocycles. The summed E-state index contributed by atoms with van der Waals surface area (Å²) in [5.41, 5.74) is 1.45. The molecule has 2 aromatic rings. The Hall–Kier alpha value is -1.33. The van der Waals surface area contributed by atoms with Crippen LogP contribution >= 0.6 is 27.5 Å². The monoisotopic (exact) mass is 343 g/mol. The number of rotatable bonds is 5. The van der Waals surface area contributed by atoms with Crippen molar-refractivity contribution in [2.24, 2.45) is 0 Å². The van der Waals surface area contributed by atoms with Gasteiger partial charge in [0.25, 0.3) is 0 Å². The molecule has 0 aliphatic heterocycles. The molecule has 0 spiro atoms. The van der Waals surface area contributed by atoms with Crippen LogP contribution < -0.4 is 0 Å². The lowest BCUT2D eigenvalue weighted by atomic mass is 10.2. The summed E-state index contributed by atoms with van der Waals surface area (Å²) in [6.45, 7) is 0.114. The van der Waals surface area contributed by atoms with Crippen LogP contribution in [0.3, 0.4) is 0 Å². The van der Waals surface area contributed by atoms with Gasteiger partial charge < -0.3 is 9.26 Å². The molecule has 0 saturated carbocycles. The minimum atomic E-state index is -0.270. The average molecular weight is 345 g/mol. The van der Waals surface area contributed by atoms with Crippen molar-refractivity contribution < 1.29 is 14.1 Å². The first-order chi connectivity index (χ1) is 9.19. The number of hydrogen-bond donors (Lipinski definition) is 0. The van der Waals surface area contributed by atoms with Gasteiger partial charge >= 0.3 is 5.97 Å². The molecule has 0 saturated heterocycles. The van der Waals surface area contributed by atoms with E-state index in [0.717, 1.165) is 5.56 Å². The van der Waals surface area contributed by atoms with Gasteiger partial charge in [-0.25, -0.2) is 0 Å². The summed E-state index contributed by atoms with van der Waals surface area (Å²) in [5, 5.41) is 5.09. The van der Waals surface area contributed by atoms with Crippen molar-refractivity contribution >= 4 is 33.5 Å². The van der Waals surface area contributed by atoms with Gasteiger partial charge in [0.1, 0.15) is 12.3 Å². The maximum absolute atomic E-state index is 11.2. The number of halogens is 2. The lowest BCUT2D eigenvalue weighted by Crippen LogP contribution is -2.04. The van der Waals surface area contributed by atoms with Crippen LogP contribution in [0.15, 0.2) is 34.9 Å². The Bertz CT molecular complexity index is 553. The smallest absolute Gasteiger partial charge is 0.307 e. The van der Waals surface area contributed by atoms with E-state index < -0.39 is 0 Å². The lowest BCUT2D eigenvalue weighted by Gasteiger charge is -1.99. The highest BCUT2D eigenvalue weighted by Crippen LogP contribution is 2.22. The summed E-state index contributed by atoms with van der Waals surface area (Å²) in [6.07, 6.45) is 0.335. The van der Waals surface area contributed by atoms with E-state index in [1.54, 1.807) is 18.2 Å². The lowest BCUT2D eigenvalue weighted by molar-refractivity contribution is -0.144. The normalized spacial score (nSPS) is 10.4. The van der Waals surface area contributed by atoms with Crippen LogP contribution in [0.4, 0.5) is 0 Å². The van der Waals surface area contributed by atoms with Crippen LogP contribution in [0.2, 0.25) is 5.02 Å². The summed E-state index contributed by atoms with van der Waals surface area (Å²) in [5.74, 6) is 0.344. The number of benzene rings is 1. The number of ether oxygens (including phenoxy) is 1. The molecule has 100 valence electrons. The van der Waals surface area contributed by atoms with Gasteiger partial charge in [0, 0.05) is 22.0 Å². The fraction of sp³-hybridized carbons (Fsp3) is 0.231. The Kier molecular flexibility index (Phi) is 4.99. The Balaban J connectivity index is 1.99. The minimum Gasteiger partial charge on any atom is -0.459 e. The molecule has 19 heavy (non-hydrogen) atoms. The fourth-order valence-electron chi connectivity index (χ4n) is 1.43. The highest BCUT2D eigenvalue weighted by Gasteiger charge is 2.09. The molecule has 1 aromatic heterocycles. The van der Waals surface area contributed by atoms with E-state index in [9.17, 15) is 4.79 Å². The molecule has 2 rings (SSSR count). The molecule has 0 unspecified atom stereocenters. The van der Waals surface area contributed by atoms with Crippen molar-refractivity contribution in [1.29, 1.82) is 0 Å². The third-order valence-corrected chi connectivity index (χ3v) is 3.02. The summed E-state index contributed by atoms with van der Waals surface area (Å²) >= 11 is 8.98. The largest absolute Gasteiger partial charge is 0.459 e. The number of carbonyl (C=O) groups is 1. The number of carbonyl (C=O) groups excluding carboxylic acids is 1. The van der Waals surface area contributed by atoms with Gasteiger partial charge in [0.05, 0.1) is 6.42 Å². The molecule has 0 fully saturated rings. The third kappa shape index (κ3) is 4.08. The molecular formula is C13H11BrClNO3. The van der Waals surface area contributed by atoms with E-state index >= 15 is 0 Å². The maximum atomic E-state index is 11.2. The van der Waals surface area contributed by atoms with E-state index in [2.05, 4.69) is 21.1 Å². The van der Waals surface area contributed by atoms with Crippen molar-refractivity contribution in [1.82, 2.24) is 5.16 Å². The number of esters is 1. The molecule has 0 amide bonds. The highest BCUT2D eigenvalue weighted by atomic mass is 79.9. The van der Waals surface area contributed by atoms with Gasteiger partial charge in [-0.1, -0.05) is 32.7 Å². The Labute approximate surface area is 123 Å². The maximum Gasteiger partial charge on any atom is 0.307 e. The zero-order valence-corrected chi connectivity index (χ0v) is 12.3. The second-order valence-corrected chi connectivity index (χ2v) is 5.02. The predicted molar refractivity (Wildman–Crippen MR) is 75.2 cm³/mol. The summed E-state index contributed by atoms with van der Waals surface area (Å²) in [4.78, 5) is 11.2. The zero-order chi connectivity index (χ0) is 13.7. The second-order valence-electron chi connectivity index (χ2n) is 3.79. The predicted octanol–water partition coefficient (Wildman–Crippen LogP) is 3.82. The Morgan fingerprint density at radius 1 is 1.37 bits per heavy atom. The van der Waals surface area contributed by atoms with Gasteiger partial charge in [-0.3, -0.25) is 4.79 Å². The number of aromatic nitrogens is 1. The molecule has 0 aliphatic rings. The third-order valence-electron chi connectivity index (χ3n) is 2.37. The highest BCUT2D eigenvalue weighted by molar-refractivity contribution is 9.09. The summed E-state index contributed by atoms with van der Waals surface area (Å²) in [7, 11) is 0. The quantitative estimate of drug-likeness (QED) is 0.611. The summed E-state index contributed by atoms with van der Waals surface area (Å²) < 4.78 is 10.2. The molecule has 0 N–H and O–H groups in total. The van der Waals surface area contributed by atoms with Gasteiger partial charge in [0.2, 0.25) is 0 Å². The molecule has 0 radical (unpaired) electrons. The van der Waals surface area contributed by atoms with E-state index in [1.807, 2.05) is 12.1 Å². The Morgan fingerprint density at radius 3 is 2.79 bits per heavy atom.